The summed E-state index contributed by atoms with van der Waals surface area (Å²) >= 11 is 0. The molecule has 2 aromatic rings. The lowest BCUT2D eigenvalue weighted by molar-refractivity contribution is -0.122. The van der Waals surface area contributed by atoms with E-state index >= 15 is 0 Å². The monoisotopic (exact) mass is 392 g/mol. The lowest BCUT2D eigenvalue weighted by atomic mass is 9.99. The number of hydrogen-bond acceptors (Lipinski definition) is 6. The molecule has 146 valence electrons. The van der Waals surface area contributed by atoms with Gasteiger partial charge < -0.3 is 20.1 Å². The Morgan fingerprint density at radius 1 is 1.31 bits per heavy atom. The first-order valence-corrected chi connectivity index (χ1v) is 8.68. The van der Waals surface area contributed by atoms with E-state index < -0.39 is 23.4 Å². The van der Waals surface area contributed by atoms with Crippen molar-refractivity contribution in [2.24, 2.45) is 0 Å². The molecule has 2 aliphatic rings. The molecule has 3 N–H and O–H groups in total. The summed E-state index contributed by atoms with van der Waals surface area (Å²) in [6, 6.07) is 5.95. The maximum atomic E-state index is 12.9. The van der Waals surface area contributed by atoms with Crippen molar-refractivity contribution in [3.05, 3.63) is 53.3 Å². The van der Waals surface area contributed by atoms with Gasteiger partial charge in [-0.15, -0.1) is 0 Å². The van der Waals surface area contributed by atoms with E-state index in [1.165, 1.54) is 18.2 Å². The first-order valence-electron chi connectivity index (χ1n) is 8.68. The quantitative estimate of drug-likeness (QED) is 0.513. The number of methoxy groups -OCH3 is 1. The number of amides is 4. The predicted molar refractivity (Wildman–Crippen MR) is 99.9 cm³/mol. The van der Waals surface area contributed by atoms with Crippen molar-refractivity contribution in [1.82, 2.24) is 20.5 Å². The highest BCUT2D eigenvalue weighted by molar-refractivity contribution is 6.10. The summed E-state index contributed by atoms with van der Waals surface area (Å²) in [7, 11) is 1.39. The molecule has 3 heterocycles. The van der Waals surface area contributed by atoms with Gasteiger partial charge in [0.2, 0.25) is 5.54 Å². The standard InChI is InChI=1S/C20H16N4O5/c1-29-14-5-4-13-10-24(17(26)15(13)16(14)25)11-20(18(27)22-19(28)23-20)7-6-12-3-2-8-21-9-12/h2-5,8-9,25H,10-11H2,1H3,(H2,22,23,27,28). The van der Waals surface area contributed by atoms with Gasteiger partial charge in [0, 0.05) is 24.5 Å². The highest BCUT2D eigenvalue weighted by atomic mass is 16.5. The predicted octanol–water partition coefficient (Wildman–Crippen LogP) is 0.381. The van der Waals surface area contributed by atoms with Crippen LogP contribution in [0.5, 0.6) is 11.5 Å². The van der Waals surface area contributed by atoms with Crippen LogP contribution in [-0.4, -0.2) is 52.0 Å². The van der Waals surface area contributed by atoms with Gasteiger partial charge in [-0.1, -0.05) is 17.9 Å². The third-order valence-corrected chi connectivity index (χ3v) is 4.76. The Labute approximate surface area is 165 Å². The molecule has 1 fully saturated rings. The van der Waals surface area contributed by atoms with E-state index in [1.54, 1.807) is 30.5 Å². The lowest BCUT2D eigenvalue weighted by Crippen LogP contribution is -2.54. The molecule has 0 saturated carbocycles. The lowest BCUT2D eigenvalue weighted by Gasteiger charge is -2.26. The van der Waals surface area contributed by atoms with Crippen molar-refractivity contribution in [2.75, 3.05) is 13.7 Å². The molecule has 0 spiro atoms. The van der Waals surface area contributed by atoms with Crippen LogP contribution in [0.1, 0.15) is 21.5 Å². The van der Waals surface area contributed by atoms with E-state index in [0.717, 1.165) is 0 Å². The number of benzene rings is 1. The van der Waals surface area contributed by atoms with Crippen molar-refractivity contribution in [2.45, 2.75) is 12.1 Å². The topological polar surface area (TPSA) is 121 Å². The van der Waals surface area contributed by atoms with Crippen LogP contribution in [0.2, 0.25) is 0 Å². The Morgan fingerprint density at radius 2 is 2.14 bits per heavy atom. The average molecular weight is 392 g/mol. The molecular weight excluding hydrogens is 376 g/mol. The van der Waals surface area contributed by atoms with Gasteiger partial charge in [-0.25, -0.2) is 4.79 Å². The van der Waals surface area contributed by atoms with Crippen LogP contribution in [0.4, 0.5) is 4.79 Å². The molecule has 2 aliphatic heterocycles. The summed E-state index contributed by atoms with van der Waals surface area (Å²) in [6.07, 6.45) is 3.11. The van der Waals surface area contributed by atoms with Crippen LogP contribution in [0.3, 0.4) is 0 Å². The van der Waals surface area contributed by atoms with Crippen molar-refractivity contribution >= 4 is 17.8 Å². The smallest absolute Gasteiger partial charge is 0.323 e. The second-order valence-corrected chi connectivity index (χ2v) is 6.62. The Morgan fingerprint density at radius 3 is 2.79 bits per heavy atom. The second kappa shape index (κ2) is 6.83. The SMILES string of the molecule is COc1ccc2c(c1O)C(=O)N(CC1(C#Cc3cccnc3)NC(=O)NC1=O)C2. The van der Waals surface area contributed by atoms with Crippen molar-refractivity contribution < 1.29 is 24.2 Å². The number of imide groups is 1. The van der Waals surface area contributed by atoms with Crippen LogP contribution in [0.25, 0.3) is 0 Å². The Kier molecular flexibility index (Phi) is 4.31. The molecule has 4 rings (SSSR count). The minimum Gasteiger partial charge on any atom is -0.504 e. The molecule has 1 aromatic heterocycles. The van der Waals surface area contributed by atoms with Crippen molar-refractivity contribution in [1.29, 1.82) is 0 Å². The van der Waals surface area contributed by atoms with Gasteiger partial charge in [0.25, 0.3) is 11.8 Å². The van der Waals surface area contributed by atoms with Gasteiger partial charge in [0.1, 0.15) is 0 Å². The van der Waals surface area contributed by atoms with Gasteiger partial charge in [-0.2, -0.15) is 0 Å². The number of carbonyl (C=O) groups excluding carboxylic acids is 3. The molecule has 1 aromatic carbocycles. The number of phenolic OH excluding ortho intramolecular Hbond substituents is 1. The summed E-state index contributed by atoms with van der Waals surface area (Å²) in [6.45, 7) is -0.0295. The normalized spacial score (nSPS) is 19.9. The maximum absolute atomic E-state index is 12.9. The largest absolute Gasteiger partial charge is 0.504 e. The zero-order valence-corrected chi connectivity index (χ0v) is 15.4. The zero-order valence-electron chi connectivity index (χ0n) is 15.4. The van der Waals surface area contributed by atoms with Gasteiger partial charge in [0.15, 0.2) is 11.5 Å². The number of fused-ring (bicyclic) bond motifs is 1. The van der Waals surface area contributed by atoms with E-state index in [0.29, 0.717) is 11.1 Å². The maximum Gasteiger partial charge on any atom is 0.323 e. The molecule has 1 atom stereocenters. The first-order chi connectivity index (χ1) is 13.9. The molecule has 0 radical (unpaired) electrons. The fraction of sp³-hybridized carbons (Fsp3) is 0.200. The third kappa shape index (κ3) is 3.10. The number of ether oxygens (including phenoxy) is 1. The summed E-state index contributed by atoms with van der Waals surface area (Å²) in [5.41, 5.74) is -0.360. The van der Waals surface area contributed by atoms with Gasteiger partial charge in [-0.3, -0.25) is 19.9 Å². The molecule has 0 aliphatic carbocycles. The summed E-state index contributed by atoms with van der Waals surface area (Å²) < 4.78 is 5.06. The van der Waals surface area contributed by atoms with E-state index in [9.17, 15) is 19.5 Å². The molecule has 1 saturated heterocycles. The zero-order chi connectivity index (χ0) is 20.6. The van der Waals surface area contributed by atoms with E-state index in [4.69, 9.17) is 4.74 Å². The van der Waals surface area contributed by atoms with Gasteiger partial charge in [-0.05, 0) is 23.8 Å². The summed E-state index contributed by atoms with van der Waals surface area (Å²) in [4.78, 5) is 42.6. The Hall–Kier alpha value is -4.06. The van der Waals surface area contributed by atoms with Gasteiger partial charge >= 0.3 is 6.03 Å². The number of aromatic hydroxyl groups is 1. The minimum absolute atomic E-state index is 0.115. The highest BCUT2D eigenvalue weighted by Gasteiger charge is 2.48. The number of urea groups is 1. The van der Waals surface area contributed by atoms with E-state index in [2.05, 4.69) is 27.5 Å². The van der Waals surface area contributed by atoms with Crippen molar-refractivity contribution in [3.8, 4) is 23.3 Å². The number of rotatable bonds is 3. The number of aromatic nitrogens is 1. The Bertz CT molecular complexity index is 1090. The van der Waals surface area contributed by atoms with Crippen molar-refractivity contribution in [3.63, 3.8) is 0 Å². The number of phenols is 1. The first kappa shape index (κ1) is 18.3. The summed E-state index contributed by atoms with van der Waals surface area (Å²) in [5.74, 6) is 4.40. The number of nitrogens with zero attached hydrogens (tertiary/aromatic N) is 2. The number of carbonyl (C=O) groups is 3. The van der Waals surface area contributed by atoms with Crippen LogP contribution >= 0.6 is 0 Å². The molecule has 9 nitrogen and oxygen atoms in total. The molecule has 9 heteroatoms. The Balaban J connectivity index is 1.67. The second-order valence-electron chi connectivity index (χ2n) is 6.62. The van der Waals surface area contributed by atoms with E-state index in [-0.39, 0.29) is 30.2 Å². The van der Waals surface area contributed by atoms with Gasteiger partial charge in [0.05, 0.1) is 19.2 Å². The minimum atomic E-state index is -1.62. The molecular formula is C20H16N4O5. The van der Waals surface area contributed by atoms with Crippen LogP contribution in [0, 0.1) is 11.8 Å². The number of hydrogen-bond donors (Lipinski definition) is 3. The third-order valence-electron chi connectivity index (χ3n) is 4.76. The highest BCUT2D eigenvalue weighted by Crippen LogP contribution is 2.37. The summed E-state index contributed by atoms with van der Waals surface area (Å²) in [5, 5.41) is 15.0. The number of pyridine rings is 1. The fourth-order valence-corrected chi connectivity index (χ4v) is 3.34. The molecule has 4 amide bonds. The van der Waals surface area contributed by atoms with E-state index in [1.807, 2.05) is 0 Å². The molecule has 0 bridgehead atoms. The fourth-order valence-electron chi connectivity index (χ4n) is 3.34. The van der Waals surface area contributed by atoms with Crippen LogP contribution < -0.4 is 15.4 Å². The average Bonchev–Trinajstić information content (AvgIpc) is 3.17. The number of nitrogens with one attached hydrogen (secondary N) is 2. The molecule has 29 heavy (non-hydrogen) atoms. The van der Waals surface area contributed by atoms with Crippen LogP contribution in [-0.2, 0) is 11.3 Å². The molecule has 1 unspecified atom stereocenters. The van der Waals surface area contributed by atoms with Crippen LogP contribution in [0.15, 0.2) is 36.7 Å².